The lowest BCUT2D eigenvalue weighted by atomic mass is 10.1. The van der Waals surface area contributed by atoms with Gasteiger partial charge in [0.2, 0.25) is 5.78 Å². The van der Waals surface area contributed by atoms with E-state index in [9.17, 15) is 18.0 Å². The van der Waals surface area contributed by atoms with E-state index in [1.54, 1.807) is 19.1 Å². The minimum atomic E-state index is -0.843. The molecule has 0 radical (unpaired) electrons. The zero-order chi connectivity index (χ0) is 14.7. The van der Waals surface area contributed by atoms with Crippen molar-refractivity contribution in [2.45, 2.75) is 6.92 Å². The molecule has 0 N–H and O–H groups in total. The summed E-state index contributed by atoms with van der Waals surface area (Å²) in [7, 11) is 0. The van der Waals surface area contributed by atoms with Crippen molar-refractivity contribution in [3.05, 3.63) is 65.0 Å². The van der Waals surface area contributed by atoms with Crippen LogP contribution in [-0.4, -0.2) is 12.4 Å². The molecular weight excluding hydrogens is 269 g/mol. The van der Waals surface area contributed by atoms with E-state index in [2.05, 4.69) is 0 Å². The molecule has 2 nitrogen and oxygen atoms in total. The third-order valence-electron chi connectivity index (χ3n) is 2.74. The number of hydrogen-bond donors (Lipinski definition) is 0. The fourth-order valence-electron chi connectivity index (χ4n) is 1.66. The largest absolute Gasteiger partial charge is 0.482 e. The zero-order valence-corrected chi connectivity index (χ0v) is 10.6. The summed E-state index contributed by atoms with van der Waals surface area (Å²) in [6.45, 7) is 0.983. The van der Waals surface area contributed by atoms with Crippen molar-refractivity contribution in [1.29, 1.82) is 0 Å². The predicted octanol–water partition coefficient (Wildman–Crippen LogP) is 3.67. The Morgan fingerprint density at radius 1 is 1.15 bits per heavy atom. The van der Waals surface area contributed by atoms with Crippen LogP contribution in [0.4, 0.5) is 13.2 Å². The highest BCUT2D eigenvalue weighted by Gasteiger charge is 2.15. The van der Waals surface area contributed by atoms with E-state index < -0.39 is 35.4 Å². The van der Waals surface area contributed by atoms with Crippen LogP contribution < -0.4 is 4.74 Å². The molecule has 2 aromatic rings. The van der Waals surface area contributed by atoms with Gasteiger partial charge in [0.25, 0.3) is 0 Å². The smallest absolute Gasteiger partial charge is 0.203 e. The average Bonchev–Trinajstić information content (AvgIpc) is 2.43. The van der Waals surface area contributed by atoms with Crippen LogP contribution in [0.5, 0.6) is 5.75 Å². The minimum Gasteiger partial charge on any atom is -0.482 e. The summed E-state index contributed by atoms with van der Waals surface area (Å²) >= 11 is 0. The number of carbonyl (C=O) groups is 1. The highest BCUT2D eigenvalue weighted by Crippen LogP contribution is 2.20. The Bertz CT molecular complexity index is 654. The summed E-state index contributed by atoms with van der Waals surface area (Å²) in [5.41, 5.74) is -0.0510. The molecule has 0 saturated heterocycles. The molecular formula is C15H11F3O2. The quantitative estimate of drug-likeness (QED) is 0.799. The molecule has 0 atom stereocenters. The molecule has 0 aliphatic rings. The summed E-state index contributed by atoms with van der Waals surface area (Å²) in [6.07, 6.45) is 0. The van der Waals surface area contributed by atoms with Gasteiger partial charge in [-0.05, 0) is 36.8 Å². The van der Waals surface area contributed by atoms with Gasteiger partial charge in [0.15, 0.2) is 18.2 Å². The molecule has 0 aliphatic carbocycles. The first-order valence-electron chi connectivity index (χ1n) is 5.85. The van der Waals surface area contributed by atoms with Crippen LogP contribution in [0.2, 0.25) is 0 Å². The Morgan fingerprint density at radius 2 is 1.90 bits per heavy atom. The Balaban J connectivity index is 2.13. The van der Waals surface area contributed by atoms with E-state index in [4.69, 9.17) is 4.74 Å². The summed E-state index contributed by atoms with van der Waals surface area (Å²) in [4.78, 5) is 11.7. The first kappa shape index (κ1) is 14.1. The van der Waals surface area contributed by atoms with Crippen LogP contribution in [0.25, 0.3) is 0 Å². The van der Waals surface area contributed by atoms with Gasteiger partial charge in [0.1, 0.15) is 11.6 Å². The van der Waals surface area contributed by atoms with Gasteiger partial charge in [-0.25, -0.2) is 13.2 Å². The van der Waals surface area contributed by atoms with Gasteiger partial charge in [0, 0.05) is 0 Å². The number of hydrogen-bond acceptors (Lipinski definition) is 2. The Kier molecular flexibility index (Phi) is 4.08. The maximum absolute atomic E-state index is 13.6. The lowest BCUT2D eigenvalue weighted by Crippen LogP contribution is -2.14. The lowest BCUT2D eigenvalue weighted by Gasteiger charge is -2.08. The van der Waals surface area contributed by atoms with Crippen LogP contribution in [0.1, 0.15) is 15.9 Å². The third kappa shape index (κ3) is 2.99. The molecule has 0 fully saturated rings. The van der Waals surface area contributed by atoms with Crippen LogP contribution >= 0.6 is 0 Å². The van der Waals surface area contributed by atoms with Gasteiger partial charge in [-0.1, -0.05) is 12.1 Å². The van der Waals surface area contributed by atoms with Crippen molar-refractivity contribution in [2.24, 2.45) is 0 Å². The van der Waals surface area contributed by atoms with Gasteiger partial charge in [-0.15, -0.1) is 0 Å². The second-order valence-corrected chi connectivity index (χ2v) is 4.22. The number of ether oxygens (including phenoxy) is 1. The number of aryl methyl sites for hydroxylation is 1. The molecule has 0 saturated carbocycles. The number of ketones is 1. The fourth-order valence-corrected chi connectivity index (χ4v) is 1.66. The van der Waals surface area contributed by atoms with Crippen molar-refractivity contribution in [1.82, 2.24) is 0 Å². The summed E-state index contributed by atoms with van der Waals surface area (Å²) in [5, 5.41) is 0. The zero-order valence-electron chi connectivity index (χ0n) is 10.6. The minimum absolute atomic E-state index is 0.102. The number of Topliss-reactive ketones (excluding diaryl/α,β-unsaturated/α-hetero) is 1. The van der Waals surface area contributed by atoms with E-state index >= 15 is 0 Å². The van der Waals surface area contributed by atoms with Gasteiger partial charge in [-0.2, -0.15) is 0 Å². The van der Waals surface area contributed by atoms with Gasteiger partial charge in [-0.3, -0.25) is 4.79 Å². The summed E-state index contributed by atoms with van der Waals surface area (Å²) < 4.78 is 45.0. The molecule has 0 heterocycles. The summed E-state index contributed by atoms with van der Waals surface area (Å²) in [6, 6.07) is 7.03. The van der Waals surface area contributed by atoms with Gasteiger partial charge in [0.05, 0.1) is 5.56 Å². The molecule has 0 spiro atoms. The maximum atomic E-state index is 13.6. The standard InChI is InChI=1S/C15H11F3O2/c1-9-3-2-4-14(15(9)18)20-8-13(19)11-7-10(16)5-6-12(11)17/h2-7H,8H2,1H3. The van der Waals surface area contributed by atoms with E-state index in [0.29, 0.717) is 5.56 Å². The maximum Gasteiger partial charge on any atom is 0.203 e. The number of halogens is 3. The number of rotatable bonds is 4. The Labute approximate surface area is 113 Å². The Morgan fingerprint density at radius 3 is 2.65 bits per heavy atom. The first-order valence-corrected chi connectivity index (χ1v) is 5.85. The molecule has 2 rings (SSSR count). The second kappa shape index (κ2) is 5.77. The number of carbonyl (C=O) groups excluding carboxylic acids is 1. The van der Waals surface area contributed by atoms with Crippen LogP contribution in [0.15, 0.2) is 36.4 Å². The van der Waals surface area contributed by atoms with E-state index in [1.807, 2.05) is 0 Å². The predicted molar refractivity (Wildman–Crippen MR) is 67.3 cm³/mol. The molecule has 0 unspecified atom stereocenters. The van der Waals surface area contributed by atoms with Crippen LogP contribution in [0.3, 0.4) is 0 Å². The van der Waals surface area contributed by atoms with Crippen molar-refractivity contribution in [3.8, 4) is 5.75 Å². The summed E-state index contributed by atoms with van der Waals surface area (Å²) in [5.74, 6) is -3.01. The molecule has 104 valence electrons. The SMILES string of the molecule is Cc1cccc(OCC(=O)c2cc(F)ccc2F)c1F. The average molecular weight is 280 g/mol. The highest BCUT2D eigenvalue weighted by atomic mass is 19.1. The van der Waals surface area contributed by atoms with Crippen LogP contribution in [-0.2, 0) is 0 Å². The fraction of sp³-hybridized carbons (Fsp3) is 0.133. The topological polar surface area (TPSA) is 26.3 Å². The first-order chi connectivity index (χ1) is 9.49. The lowest BCUT2D eigenvalue weighted by molar-refractivity contribution is 0.0914. The van der Waals surface area contributed by atoms with E-state index in [1.165, 1.54) is 6.07 Å². The Hall–Kier alpha value is -2.30. The highest BCUT2D eigenvalue weighted by molar-refractivity contribution is 5.97. The molecule has 20 heavy (non-hydrogen) atoms. The third-order valence-corrected chi connectivity index (χ3v) is 2.74. The van der Waals surface area contributed by atoms with E-state index in [0.717, 1.165) is 18.2 Å². The van der Waals surface area contributed by atoms with Crippen LogP contribution in [0, 0.1) is 24.4 Å². The molecule has 0 amide bonds. The second-order valence-electron chi connectivity index (χ2n) is 4.22. The number of benzene rings is 2. The van der Waals surface area contributed by atoms with Gasteiger partial charge < -0.3 is 4.74 Å². The molecule has 5 heteroatoms. The normalized spacial score (nSPS) is 10.4. The van der Waals surface area contributed by atoms with Crippen molar-refractivity contribution in [2.75, 3.05) is 6.61 Å². The molecule has 2 aromatic carbocycles. The molecule has 0 aliphatic heterocycles. The van der Waals surface area contributed by atoms with E-state index in [-0.39, 0.29) is 5.75 Å². The molecule has 0 aromatic heterocycles. The van der Waals surface area contributed by atoms with Crippen molar-refractivity contribution >= 4 is 5.78 Å². The van der Waals surface area contributed by atoms with Gasteiger partial charge >= 0.3 is 0 Å². The monoisotopic (exact) mass is 280 g/mol. The molecule has 0 bridgehead atoms. The van der Waals surface area contributed by atoms with Crippen molar-refractivity contribution < 1.29 is 22.7 Å². The van der Waals surface area contributed by atoms with Crippen molar-refractivity contribution in [3.63, 3.8) is 0 Å².